The highest BCUT2D eigenvalue weighted by atomic mass is 16.5. The van der Waals surface area contributed by atoms with Gasteiger partial charge in [-0.1, -0.05) is 39.0 Å². The van der Waals surface area contributed by atoms with Crippen molar-refractivity contribution in [2.24, 2.45) is 0 Å². The molecule has 3 aromatic carbocycles. The summed E-state index contributed by atoms with van der Waals surface area (Å²) in [7, 11) is 1.71. The molecule has 0 atom stereocenters. The van der Waals surface area contributed by atoms with Crippen LogP contribution in [0.3, 0.4) is 0 Å². The van der Waals surface area contributed by atoms with Gasteiger partial charge in [0.1, 0.15) is 17.1 Å². The third-order valence-electron chi connectivity index (χ3n) is 6.70. The number of fused-ring (bicyclic) bond motifs is 5. The number of ether oxygens (including phenoxy) is 2. The Hall–Kier alpha value is -3.20. The number of methoxy groups -OCH3 is 1. The zero-order chi connectivity index (χ0) is 23.5. The maximum absolute atomic E-state index is 6.45. The van der Waals surface area contributed by atoms with Gasteiger partial charge in [-0.3, -0.25) is 0 Å². The van der Waals surface area contributed by atoms with Crippen molar-refractivity contribution < 1.29 is 9.47 Å². The maximum atomic E-state index is 6.45. The van der Waals surface area contributed by atoms with Crippen LogP contribution in [0.5, 0.6) is 11.5 Å². The monoisotopic (exact) mass is 439 g/mol. The first-order chi connectivity index (χ1) is 15.6. The molecule has 3 nitrogen and oxygen atoms in total. The number of nitrogens with zero attached hydrogens (tertiary/aromatic N) is 1. The standard InChI is InChI=1S/C30H33NO2/c1-19-16-25-24-17-21(29(2,3)4)10-13-26(24)31(18-20-8-11-22(32-7)12-9-20)27(25)23-14-15-30(5,6)33-28(19)23/h8-17H,18H2,1-7H3. The van der Waals surface area contributed by atoms with Crippen LogP contribution >= 0.6 is 0 Å². The summed E-state index contributed by atoms with van der Waals surface area (Å²) in [6.45, 7) is 14.0. The average Bonchev–Trinajstić information content (AvgIpc) is 3.06. The van der Waals surface area contributed by atoms with Crippen molar-refractivity contribution in [2.75, 3.05) is 7.11 Å². The van der Waals surface area contributed by atoms with Crippen molar-refractivity contribution in [1.29, 1.82) is 0 Å². The molecule has 0 saturated heterocycles. The van der Waals surface area contributed by atoms with E-state index in [1.807, 2.05) is 12.1 Å². The third-order valence-corrected chi connectivity index (χ3v) is 6.70. The van der Waals surface area contributed by atoms with Crippen LogP contribution in [0.25, 0.3) is 27.9 Å². The highest BCUT2D eigenvalue weighted by molar-refractivity contribution is 6.12. The molecule has 1 aliphatic rings. The minimum Gasteiger partial charge on any atom is -0.497 e. The fraction of sp³-hybridized carbons (Fsp3) is 0.333. The third kappa shape index (κ3) is 3.70. The maximum Gasteiger partial charge on any atom is 0.132 e. The molecule has 0 saturated carbocycles. The molecule has 5 rings (SSSR count). The molecular weight excluding hydrogens is 406 g/mol. The zero-order valence-electron chi connectivity index (χ0n) is 20.7. The molecule has 0 unspecified atom stereocenters. The van der Waals surface area contributed by atoms with Gasteiger partial charge in [0.2, 0.25) is 0 Å². The molecule has 170 valence electrons. The molecule has 1 aliphatic heterocycles. The van der Waals surface area contributed by atoms with Crippen LogP contribution < -0.4 is 9.47 Å². The molecule has 0 aliphatic carbocycles. The van der Waals surface area contributed by atoms with E-state index in [1.54, 1.807) is 7.11 Å². The second-order valence-electron chi connectivity index (χ2n) is 10.8. The van der Waals surface area contributed by atoms with Crippen molar-refractivity contribution >= 4 is 27.9 Å². The fourth-order valence-electron chi connectivity index (χ4n) is 4.83. The SMILES string of the molecule is COc1ccc(Cn2c3ccc(C(C)(C)C)cc3c3cc(C)c4c(c32)C=CC(C)(C)O4)cc1. The first-order valence-corrected chi connectivity index (χ1v) is 11.7. The molecule has 0 N–H and O–H groups in total. The van der Waals surface area contributed by atoms with Gasteiger partial charge in [-0.2, -0.15) is 0 Å². The lowest BCUT2D eigenvalue weighted by Gasteiger charge is -2.29. The van der Waals surface area contributed by atoms with Gasteiger partial charge in [0.05, 0.1) is 12.6 Å². The van der Waals surface area contributed by atoms with E-state index >= 15 is 0 Å². The van der Waals surface area contributed by atoms with Crippen LogP contribution in [-0.4, -0.2) is 17.3 Å². The predicted molar refractivity (Wildman–Crippen MR) is 139 cm³/mol. The summed E-state index contributed by atoms with van der Waals surface area (Å²) in [6.07, 6.45) is 4.42. The molecule has 0 radical (unpaired) electrons. The number of aryl methyl sites for hydroxylation is 1. The molecule has 4 aromatic rings. The average molecular weight is 440 g/mol. The summed E-state index contributed by atoms with van der Waals surface area (Å²) in [4.78, 5) is 0. The van der Waals surface area contributed by atoms with Gasteiger partial charge >= 0.3 is 0 Å². The summed E-state index contributed by atoms with van der Waals surface area (Å²) in [5.74, 6) is 1.87. The molecule has 2 heterocycles. The number of hydrogen-bond donors (Lipinski definition) is 0. The molecule has 33 heavy (non-hydrogen) atoms. The normalized spacial score (nSPS) is 15.0. The lowest BCUT2D eigenvalue weighted by molar-refractivity contribution is 0.158. The molecule has 0 amide bonds. The summed E-state index contributed by atoms with van der Waals surface area (Å²) in [6, 6.07) is 17.6. The molecule has 3 heteroatoms. The molecule has 0 fully saturated rings. The number of rotatable bonds is 3. The van der Waals surface area contributed by atoms with Crippen LogP contribution in [-0.2, 0) is 12.0 Å². The Morgan fingerprint density at radius 3 is 2.36 bits per heavy atom. The van der Waals surface area contributed by atoms with Gasteiger partial charge in [-0.25, -0.2) is 0 Å². The summed E-state index contributed by atoms with van der Waals surface area (Å²) >= 11 is 0. The van der Waals surface area contributed by atoms with Gasteiger partial charge in [0.25, 0.3) is 0 Å². The van der Waals surface area contributed by atoms with E-state index in [0.717, 1.165) is 18.0 Å². The lowest BCUT2D eigenvalue weighted by atomic mass is 9.86. The number of benzene rings is 3. The number of hydrogen-bond acceptors (Lipinski definition) is 2. The highest BCUT2D eigenvalue weighted by Gasteiger charge is 2.27. The Bertz CT molecular complexity index is 1400. The first kappa shape index (κ1) is 21.6. The van der Waals surface area contributed by atoms with Crippen LogP contribution in [0, 0.1) is 6.92 Å². The largest absolute Gasteiger partial charge is 0.497 e. The van der Waals surface area contributed by atoms with Crippen molar-refractivity contribution in [3.8, 4) is 11.5 Å². The van der Waals surface area contributed by atoms with Crippen molar-refractivity contribution in [2.45, 2.75) is 59.1 Å². The van der Waals surface area contributed by atoms with Gasteiger partial charge in [0, 0.05) is 28.4 Å². The van der Waals surface area contributed by atoms with Crippen LogP contribution in [0.4, 0.5) is 0 Å². The molecule has 0 spiro atoms. The van der Waals surface area contributed by atoms with Crippen LogP contribution in [0.15, 0.2) is 54.6 Å². The highest BCUT2D eigenvalue weighted by Crippen LogP contribution is 2.43. The van der Waals surface area contributed by atoms with Gasteiger partial charge in [-0.05, 0) is 85.4 Å². The molecular formula is C30H33NO2. The quantitative estimate of drug-likeness (QED) is 0.327. The van der Waals surface area contributed by atoms with E-state index in [4.69, 9.17) is 9.47 Å². The zero-order valence-corrected chi connectivity index (χ0v) is 20.7. The van der Waals surface area contributed by atoms with Crippen LogP contribution in [0.2, 0.25) is 0 Å². The van der Waals surface area contributed by atoms with E-state index in [9.17, 15) is 0 Å². The lowest BCUT2D eigenvalue weighted by Crippen LogP contribution is -2.28. The van der Waals surface area contributed by atoms with E-state index < -0.39 is 0 Å². The minimum atomic E-state index is -0.308. The topological polar surface area (TPSA) is 23.4 Å². The van der Waals surface area contributed by atoms with Gasteiger partial charge in [0.15, 0.2) is 0 Å². The Labute approximate surface area is 196 Å². The Morgan fingerprint density at radius 2 is 1.70 bits per heavy atom. The van der Waals surface area contributed by atoms with E-state index in [2.05, 4.69) is 94.7 Å². The summed E-state index contributed by atoms with van der Waals surface area (Å²) in [5.41, 5.74) is 7.21. The number of aromatic nitrogens is 1. The first-order valence-electron chi connectivity index (χ1n) is 11.7. The van der Waals surface area contributed by atoms with Crippen LogP contribution in [0.1, 0.15) is 56.9 Å². The summed E-state index contributed by atoms with van der Waals surface area (Å²) < 4.78 is 14.3. The Morgan fingerprint density at radius 1 is 0.970 bits per heavy atom. The fourth-order valence-corrected chi connectivity index (χ4v) is 4.83. The Balaban J connectivity index is 1.82. The van der Waals surface area contributed by atoms with Gasteiger partial charge < -0.3 is 14.0 Å². The second-order valence-corrected chi connectivity index (χ2v) is 10.8. The summed E-state index contributed by atoms with van der Waals surface area (Å²) in [5, 5.41) is 2.59. The molecule has 1 aromatic heterocycles. The van der Waals surface area contributed by atoms with E-state index in [0.29, 0.717) is 0 Å². The van der Waals surface area contributed by atoms with Crippen molar-refractivity contribution in [3.05, 3.63) is 76.9 Å². The minimum absolute atomic E-state index is 0.0922. The molecule has 0 bridgehead atoms. The van der Waals surface area contributed by atoms with Gasteiger partial charge in [-0.15, -0.1) is 0 Å². The second kappa shape index (κ2) is 7.41. The van der Waals surface area contributed by atoms with E-state index in [-0.39, 0.29) is 11.0 Å². The van der Waals surface area contributed by atoms with E-state index in [1.165, 1.54) is 44.1 Å². The van der Waals surface area contributed by atoms with Crippen molar-refractivity contribution in [1.82, 2.24) is 4.57 Å². The van der Waals surface area contributed by atoms with Crippen molar-refractivity contribution in [3.63, 3.8) is 0 Å². The smallest absolute Gasteiger partial charge is 0.132 e. The Kier molecular flexibility index (Phi) is 4.86. The predicted octanol–water partition coefficient (Wildman–Crippen LogP) is 7.64.